The standard InChI is InChI=1S/C57H35N5/c1-4-16-36(17-5-1)55-58-56(37-18-6-2-7-19-37)60-57(59-55)62-52-27-15-13-24-44(52)49-33-39(29-31-53(49)62)38-28-30-43-46(32-38)41-22-10-11-23-42(41)48-35-54-50(34-47(43)48)45-25-12-14-26-51(45)61(54)40-20-8-3-9-21-40/h1-35H. The summed E-state index contributed by atoms with van der Waals surface area (Å²) >= 11 is 0. The van der Waals surface area contributed by atoms with E-state index in [9.17, 15) is 0 Å². The summed E-state index contributed by atoms with van der Waals surface area (Å²) in [6, 6.07) is 75.8. The lowest BCUT2D eigenvalue weighted by atomic mass is 9.91. The molecule has 13 aromatic rings. The van der Waals surface area contributed by atoms with Gasteiger partial charge < -0.3 is 4.57 Å². The lowest BCUT2D eigenvalue weighted by molar-refractivity contribution is 0.953. The molecule has 0 radical (unpaired) electrons. The molecule has 0 fully saturated rings. The number of hydrogen-bond donors (Lipinski definition) is 0. The Labute approximate surface area is 356 Å². The maximum Gasteiger partial charge on any atom is 0.238 e. The summed E-state index contributed by atoms with van der Waals surface area (Å²) < 4.78 is 4.59. The monoisotopic (exact) mass is 789 g/mol. The predicted molar refractivity (Wildman–Crippen MR) is 257 cm³/mol. The minimum Gasteiger partial charge on any atom is -0.309 e. The summed E-state index contributed by atoms with van der Waals surface area (Å²) in [6.07, 6.45) is 0. The number of fused-ring (bicyclic) bond motifs is 12. The van der Waals surface area contributed by atoms with E-state index in [-0.39, 0.29) is 0 Å². The first-order valence-corrected chi connectivity index (χ1v) is 21.0. The molecule has 288 valence electrons. The number of para-hydroxylation sites is 3. The molecule has 0 unspecified atom stereocenters. The molecule has 13 rings (SSSR count). The Morgan fingerprint density at radius 3 is 1.31 bits per heavy atom. The molecule has 0 saturated carbocycles. The Morgan fingerprint density at radius 1 is 0.242 bits per heavy atom. The van der Waals surface area contributed by atoms with Crippen molar-refractivity contribution >= 4 is 75.9 Å². The van der Waals surface area contributed by atoms with Crippen molar-refractivity contribution in [3.05, 3.63) is 212 Å². The second kappa shape index (κ2) is 13.6. The van der Waals surface area contributed by atoms with Crippen molar-refractivity contribution in [2.24, 2.45) is 0 Å². The maximum absolute atomic E-state index is 5.13. The van der Waals surface area contributed by atoms with Crippen molar-refractivity contribution in [2.75, 3.05) is 0 Å². The number of rotatable bonds is 5. The van der Waals surface area contributed by atoms with Crippen LogP contribution in [0.3, 0.4) is 0 Å². The molecule has 0 amide bonds. The largest absolute Gasteiger partial charge is 0.309 e. The minimum absolute atomic E-state index is 0.585. The average Bonchev–Trinajstić information content (AvgIpc) is 3.86. The van der Waals surface area contributed by atoms with Crippen molar-refractivity contribution in [3.63, 3.8) is 0 Å². The van der Waals surface area contributed by atoms with Gasteiger partial charge in [0.05, 0.1) is 22.1 Å². The van der Waals surface area contributed by atoms with E-state index >= 15 is 0 Å². The number of aromatic nitrogens is 5. The molecule has 0 spiro atoms. The highest BCUT2D eigenvalue weighted by molar-refractivity contribution is 6.29. The summed E-state index contributed by atoms with van der Waals surface area (Å²) in [5, 5.41) is 12.3. The highest BCUT2D eigenvalue weighted by atomic mass is 15.2. The zero-order valence-electron chi connectivity index (χ0n) is 33.4. The molecule has 5 heteroatoms. The fraction of sp³-hybridized carbons (Fsp3) is 0. The smallest absolute Gasteiger partial charge is 0.238 e. The lowest BCUT2D eigenvalue weighted by Crippen LogP contribution is -2.06. The lowest BCUT2D eigenvalue weighted by Gasteiger charge is -2.14. The Hall–Kier alpha value is -8.41. The van der Waals surface area contributed by atoms with Gasteiger partial charge in [0, 0.05) is 38.4 Å². The Bertz CT molecular complexity index is 3850. The molecule has 0 saturated heterocycles. The quantitative estimate of drug-likeness (QED) is 0.163. The van der Waals surface area contributed by atoms with Gasteiger partial charge in [0.15, 0.2) is 11.6 Å². The second-order valence-corrected chi connectivity index (χ2v) is 16.0. The summed E-state index contributed by atoms with van der Waals surface area (Å²) in [6.45, 7) is 0. The van der Waals surface area contributed by atoms with Crippen LogP contribution in [0, 0.1) is 0 Å². The van der Waals surface area contributed by atoms with Crippen LogP contribution in [-0.2, 0) is 0 Å². The zero-order chi connectivity index (χ0) is 40.7. The van der Waals surface area contributed by atoms with Crippen molar-refractivity contribution in [1.29, 1.82) is 0 Å². The first kappa shape index (κ1) is 34.5. The highest BCUT2D eigenvalue weighted by Crippen LogP contribution is 2.43. The molecule has 5 nitrogen and oxygen atoms in total. The number of hydrogen-bond acceptors (Lipinski definition) is 3. The van der Waals surface area contributed by atoms with Gasteiger partial charge in [-0.15, -0.1) is 0 Å². The van der Waals surface area contributed by atoms with Gasteiger partial charge in [0.2, 0.25) is 5.95 Å². The van der Waals surface area contributed by atoms with Crippen LogP contribution in [0.25, 0.3) is 121 Å². The number of benzene rings is 10. The van der Waals surface area contributed by atoms with Crippen LogP contribution in [0.1, 0.15) is 0 Å². The van der Waals surface area contributed by atoms with Crippen LogP contribution in [0.5, 0.6) is 0 Å². The van der Waals surface area contributed by atoms with Crippen molar-refractivity contribution in [1.82, 2.24) is 24.1 Å². The molecule has 0 aliphatic carbocycles. The third kappa shape index (κ3) is 5.25. The van der Waals surface area contributed by atoms with Crippen LogP contribution in [-0.4, -0.2) is 24.1 Å². The van der Waals surface area contributed by atoms with Crippen LogP contribution < -0.4 is 0 Å². The van der Waals surface area contributed by atoms with E-state index in [1.54, 1.807) is 0 Å². The van der Waals surface area contributed by atoms with Crippen LogP contribution in [0.4, 0.5) is 0 Å². The first-order valence-electron chi connectivity index (χ1n) is 21.0. The van der Waals surface area contributed by atoms with Crippen molar-refractivity contribution in [2.45, 2.75) is 0 Å². The van der Waals surface area contributed by atoms with Crippen LogP contribution in [0.2, 0.25) is 0 Å². The van der Waals surface area contributed by atoms with E-state index < -0.39 is 0 Å². The summed E-state index contributed by atoms with van der Waals surface area (Å²) in [7, 11) is 0. The molecule has 3 aromatic heterocycles. The SMILES string of the molecule is c1ccc(-c2nc(-c3ccccc3)nc(-n3c4ccccc4c4cc(-c5ccc6c(c5)c5ccccc5c5cc7c(cc65)c5ccccc5n7-c5ccccc5)ccc43)n2)cc1. The normalized spacial score (nSPS) is 11.9. The fourth-order valence-corrected chi connectivity index (χ4v) is 9.72. The molecule has 0 aliphatic rings. The molecule has 10 aromatic carbocycles. The molecular weight excluding hydrogens is 755 g/mol. The molecule has 0 N–H and O–H groups in total. The molecule has 0 aliphatic heterocycles. The van der Waals surface area contributed by atoms with Gasteiger partial charge in [0.1, 0.15) is 0 Å². The average molecular weight is 790 g/mol. The summed E-state index contributed by atoms with van der Waals surface area (Å²) in [5.74, 6) is 1.85. The van der Waals surface area contributed by atoms with Gasteiger partial charge in [-0.2, -0.15) is 9.97 Å². The van der Waals surface area contributed by atoms with Crippen LogP contribution in [0.15, 0.2) is 212 Å². The summed E-state index contributed by atoms with van der Waals surface area (Å²) in [5.41, 5.74) is 9.86. The second-order valence-electron chi connectivity index (χ2n) is 16.0. The molecule has 3 heterocycles. The minimum atomic E-state index is 0.585. The van der Waals surface area contributed by atoms with Gasteiger partial charge in [0.25, 0.3) is 0 Å². The van der Waals surface area contributed by atoms with Gasteiger partial charge in [-0.25, -0.2) is 4.98 Å². The third-order valence-electron chi connectivity index (χ3n) is 12.5. The van der Waals surface area contributed by atoms with E-state index in [1.165, 1.54) is 59.7 Å². The third-order valence-corrected chi connectivity index (χ3v) is 12.5. The van der Waals surface area contributed by atoms with E-state index in [4.69, 9.17) is 15.0 Å². The van der Waals surface area contributed by atoms with Gasteiger partial charge >= 0.3 is 0 Å². The molecule has 62 heavy (non-hydrogen) atoms. The van der Waals surface area contributed by atoms with Crippen LogP contribution >= 0.6 is 0 Å². The van der Waals surface area contributed by atoms with E-state index in [0.29, 0.717) is 17.6 Å². The molecule has 0 bridgehead atoms. The Balaban J connectivity index is 1.01. The molecular formula is C57H35N5. The maximum atomic E-state index is 5.13. The highest BCUT2D eigenvalue weighted by Gasteiger charge is 2.20. The van der Waals surface area contributed by atoms with E-state index in [0.717, 1.165) is 44.2 Å². The Morgan fingerprint density at radius 2 is 0.677 bits per heavy atom. The summed E-state index contributed by atoms with van der Waals surface area (Å²) in [4.78, 5) is 15.2. The predicted octanol–water partition coefficient (Wildman–Crippen LogP) is 14.5. The van der Waals surface area contributed by atoms with E-state index in [2.05, 4.69) is 161 Å². The fourth-order valence-electron chi connectivity index (χ4n) is 9.72. The first-order chi connectivity index (χ1) is 30.7. The zero-order valence-corrected chi connectivity index (χ0v) is 33.4. The van der Waals surface area contributed by atoms with Crippen molar-refractivity contribution < 1.29 is 0 Å². The van der Waals surface area contributed by atoms with Crippen molar-refractivity contribution in [3.8, 4) is 45.5 Å². The van der Waals surface area contributed by atoms with E-state index in [1.807, 2.05) is 60.7 Å². The Kier molecular flexibility index (Phi) is 7.54. The van der Waals surface area contributed by atoms with Gasteiger partial charge in [-0.1, -0.05) is 158 Å². The topological polar surface area (TPSA) is 48.5 Å². The van der Waals surface area contributed by atoms with Gasteiger partial charge in [-0.05, 0) is 98.0 Å². The van der Waals surface area contributed by atoms with Gasteiger partial charge in [-0.3, -0.25) is 4.57 Å². The molecule has 0 atom stereocenters. The number of nitrogens with zero attached hydrogens (tertiary/aromatic N) is 5.